The van der Waals surface area contributed by atoms with Crippen molar-refractivity contribution in [3.05, 3.63) is 47.0 Å². The number of hydrogen-bond acceptors (Lipinski definition) is 5. The number of anilines is 2. The molecule has 1 saturated heterocycles. The van der Waals surface area contributed by atoms with E-state index in [0.29, 0.717) is 41.7 Å². The summed E-state index contributed by atoms with van der Waals surface area (Å²) in [5.41, 5.74) is 1.49. The molecule has 0 unspecified atom stereocenters. The fraction of sp³-hybridized carbons (Fsp3) is 0.250. The molecule has 0 saturated carbocycles. The van der Waals surface area contributed by atoms with Crippen LogP contribution in [-0.4, -0.2) is 31.6 Å². The van der Waals surface area contributed by atoms with Crippen LogP contribution < -0.4 is 19.7 Å². The molecule has 7 nitrogen and oxygen atoms in total. The summed E-state index contributed by atoms with van der Waals surface area (Å²) in [6.45, 7) is 1.23. The lowest BCUT2D eigenvalue weighted by atomic mass is 10.1. The number of nitrogens with zero attached hydrogens (tertiary/aromatic N) is 2. The summed E-state index contributed by atoms with van der Waals surface area (Å²) in [5.74, 6) is 0.351. The number of carbonyl (C=O) groups is 2. The highest BCUT2D eigenvalue weighted by Gasteiger charge is 2.35. The van der Waals surface area contributed by atoms with Crippen LogP contribution in [0.15, 0.2) is 36.4 Å². The van der Waals surface area contributed by atoms with E-state index in [-0.39, 0.29) is 29.8 Å². The van der Waals surface area contributed by atoms with Gasteiger partial charge >= 0.3 is 0 Å². The average Bonchev–Trinajstić information content (AvgIpc) is 3.09. The van der Waals surface area contributed by atoms with Gasteiger partial charge in [0.1, 0.15) is 19.3 Å². The molecular formula is C20H16ClN3O4. The Balaban J connectivity index is 1.46. The Bertz CT molecular complexity index is 1000. The van der Waals surface area contributed by atoms with E-state index in [2.05, 4.69) is 5.32 Å². The van der Waals surface area contributed by atoms with Gasteiger partial charge in [0.15, 0.2) is 11.5 Å². The van der Waals surface area contributed by atoms with Crippen LogP contribution in [0.2, 0.25) is 5.02 Å². The Morgan fingerprint density at radius 3 is 2.71 bits per heavy atom. The summed E-state index contributed by atoms with van der Waals surface area (Å²) in [7, 11) is 0. The van der Waals surface area contributed by atoms with Crippen LogP contribution in [0, 0.1) is 17.2 Å². The second-order valence-electron chi connectivity index (χ2n) is 6.53. The first-order chi connectivity index (χ1) is 13.5. The number of fused-ring (bicyclic) bond motifs is 1. The second kappa shape index (κ2) is 7.41. The lowest BCUT2D eigenvalue weighted by Gasteiger charge is -2.22. The van der Waals surface area contributed by atoms with Crippen LogP contribution in [0.1, 0.15) is 12.0 Å². The third-order valence-electron chi connectivity index (χ3n) is 4.69. The first kappa shape index (κ1) is 18.1. The molecule has 0 aliphatic carbocycles. The molecule has 2 aliphatic rings. The minimum atomic E-state index is -0.491. The predicted octanol–water partition coefficient (Wildman–Crippen LogP) is 2.97. The Labute approximate surface area is 166 Å². The zero-order chi connectivity index (χ0) is 19.7. The van der Waals surface area contributed by atoms with Crippen molar-refractivity contribution >= 4 is 34.8 Å². The van der Waals surface area contributed by atoms with E-state index in [1.54, 1.807) is 35.2 Å². The monoisotopic (exact) mass is 397 g/mol. The van der Waals surface area contributed by atoms with Gasteiger partial charge in [0.25, 0.3) is 0 Å². The zero-order valence-electron chi connectivity index (χ0n) is 14.8. The molecule has 28 heavy (non-hydrogen) atoms. The highest BCUT2D eigenvalue weighted by Crippen LogP contribution is 2.36. The molecule has 2 aromatic carbocycles. The Morgan fingerprint density at radius 1 is 1.18 bits per heavy atom. The van der Waals surface area contributed by atoms with Crippen molar-refractivity contribution in [3.8, 4) is 17.6 Å². The minimum absolute atomic E-state index is 0.115. The van der Waals surface area contributed by atoms with E-state index >= 15 is 0 Å². The van der Waals surface area contributed by atoms with Gasteiger partial charge in [-0.25, -0.2) is 0 Å². The van der Waals surface area contributed by atoms with Crippen LogP contribution in [0.3, 0.4) is 0 Å². The molecule has 142 valence electrons. The number of rotatable bonds is 3. The summed E-state index contributed by atoms with van der Waals surface area (Å²) >= 11 is 6.00. The number of hydrogen-bond donors (Lipinski definition) is 1. The van der Waals surface area contributed by atoms with Crippen LogP contribution in [0.25, 0.3) is 0 Å². The van der Waals surface area contributed by atoms with Gasteiger partial charge in [-0.15, -0.1) is 0 Å². The molecule has 0 bridgehead atoms. The summed E-state index contributed by atoms with van der Waals surface area (Å²) in [6.07, 6.45) is 0.115. The highest BCUT2D eigenvalue weighted by atomic mass is 35.5. The Hall–Kier alpha value is -3.24. The molecule has 2 aliphatic heterocycles. The van der Waals surface area contributed by atoms with Crippen molar-refractivity contribution in [1.82, 2.24) is 0 Å². The first-order valence-electron chi connectivity index (χ1n) is 8.75. The largest absolute Gasteiger partial charge is 0.486 e. The normalized spacial score (nSPS) is 17.9. The van der Waals surface area contributed by atoms with Crippen molar-refractivity contribution in [1.29, 1.82) is 5.26 Å². The van der Waals surface area contributed by atoms with E-state index in [1.807, 2.05) is 6.07 Å². The lowest BCUT2D eigenvalue weighted by molar-refractivity contribution is -0.122. The van der Waals surface area contributed by atoms with E-state index in [9.17, 15) is 9.59 Å². The third-order valence-corrected chi connectivity index (χ3v) is 5.00. The number of carbonyl (C=O) groups excluding carboxylic acids is 2. The van der Waals surface area contributed by atoms with Gasteiger partial charge < -0.3 is 19.7 Å². The van der Waals surface area contributed by atoms with Crippen LogP contribution >= 0.6 is 11.6 Å². The van der Waals surface area contributed by atoms with Gasteiger partial charge in [-0.05, 0) is 30.3 Å². The molecule has 2 heterocycles. The van der Waals surface area contributed by atoms with Crippen molar-refractivity contribution in [2.24, 2.45) is 5.92 Å². The van der Waals surface area contributed by atoms with Gasteiger partial charge in [-0.3, -0.25) is 9.59 Å². The summed E-state index contributed by atoms with van der Waals surface area (Å²) < 4.78 is 11.1. The van der Waals surface area contributed by atoms with Gasteiger partial charge in [0.2, 0.25) is 11.8 Å². The zero-order valence-corrected chi connectivity index (χ0v) is 15.5. The van der Waals surface area contributed by atoms with Crippen LogP contribution in [0.4, 0.5) is 11.4 Å². The molecule has 0 spiro atoms. The van der Waals surface area contributed by atoms with E-state index in [0.717, 1.165) is 0 Å². The molecular weight excluding hydrogens is 382 g/mol. The third kappa shape index (κ3) is 3.47. The average molecular weight is 398 g/mol. The first-order valence-corrected chi connectivity index (χ1v) is 9.13. The fourth-order valence-corrected chi connectivity index (χ4v) is 3.48. The van der Waals surface area contributed by atoms with Crippen molar-refractivity contribution in [2.45, 2.75) is 6.42 Å². The van der Waals surface area contributed by atoms with Gasteiger partial charge in [-0.1, -0.05) is 11.6 Å². The van der Waals surface area contributed by atoms with E-state index < -0.39 is 5.92 Å². The molecule has 4 rings (SSSR count). The lowest BCUT2D eigenvalue weighted by Crippen LogP contribution is -2.28. The molecule has 1 N–H and O–H groups in total. The summed E-state index contributed by atoms with van der Waals surface area (Å²) in [6, 6.07) is 11.9. The van der Waals surface area contributed by atoms with Gasteiger partial charge in [0.05, 0.1) is 16.5 Å². The van der Waals surface area contributed by atoms with Crippen LogP contribution in [0.5, 0.6) is 11.5 Å². The number of nitriles is 1. The summed E-state index contributed by atoms with van der Waals surface area (Å²) in [4.78, 5) is 26.6. The molecule has 2 amide bonds. The number of nitrogens with one attached hydrogen (secondary N) is 1. The van der Waals surface area contributed by atoms with Gasteiger partial charge in [-0.2, -0.15) is 5.26 Å². The van der Waals surface area contributed by atoms with Gasteiger partial charge in [0, 0.05) is 30.4 Å². The van der Waals surface area contributed by atoms with E-state index in [1.165, 1.54) is 6.07 Å². The molecule has 2 aromatic rings. The minimum Gasteiger partial charge on any atom is -0.486 e. The highest BCUT2D eigenvalue weighted by molar-refractivity contribution is 6.32. The summed E-state index contributed by atoms with van der Waals surface area (Å²) in [5, 5.41) is 11.9. The molecule has 1 fully saturated rings. The standard InChI is InChI=1S/C20H16ClN3O4/c21-16-8-14(2-1-12(16)10-22)23-20(26)13-7-19(25)24(11-13)15-3-4-17-18(9-15)28-6-5-27-17/h1-4,8-9,13H,5-7,11H2,(H,23,26)/t13-/m0/s1. The maximum absolute atomic E-state index is 12.6. The molecule has 0 aromatic heterocycles. The van der Waals surface area contributed by atoms with Crippen LogP contribution in [-0.2, 0) is 9.59 Å². The topological polar surface area (TPSA) is 91.7 Å². The van der Waals surface area contributed by atoms with Crippen molar-refractivity contribution in [3.63, 3.8) is 0 Å². The Kier molecular flexibility index (Phi) is 4.80. The SMILES string of the molecule is N#Cc1ccc(NC(=O)[C@H]2CC(=O)N(c3ccc4c(c3)OCCO4)C2)cc1Cl. The fourth-order valence-electron chi connectivity index (χ4n) is 3.26. The van der Waals surface area contributed by atoms with Crippen molar-refractivity contribution < 1.29 is 19.1 Å². The quantitative estimate of drug-likeness (QED) is 0.859. The van der Waals surface area contributed by atoms with E-state index in [4.69, 9.17) is 26.3 Å². The molecule has 1 atom stereocenters. The number of amides is 2. The second-order valence-corrected chi connectivity index (χ2v) is 6.94. The number of ether oxygens (including phenoxy) is 2. The Morgan fingerprint density at radius 2 is 1.96 bits per heavy atom. The van der Waals surface area contributed by atoms with Crippen molar-refractivity contribution in [2.75, 3.05) is 30.0 Å². The molecule has 0 radical (unpaired) electrons. The number of halogens is 1. The predicted molar refractivity (Wildman–Crippen MR) is 103 cm³/mol. The number of benzene rings is 2. The maximum Gasteiger partial charge on any atom is 0.229 e. The molecule has 8 heteroatoms. The maximum atomic E-state index is 12.6. The smallest absolute Gasteiger partial charge is 0.229 e.